The summed E-state index contributed by atoms with van der Waals surface area (Å²) < 4.78 is 31.0. The highest BCUT2D eigenvalue weighted by Gasteiger charge is 2.30. The van der Waals surface area contributed by atoms with E-state index in [9.17, 15) is 18.0 Å². The molecule has 8 nitrogen and oxygen atoms in total. The number of nitrogens with one attached hydrogen (secondary N) is 2. The van der Waals surface area contributed by atoms with Gasteiger partial charge >= 0.3 is 5.97 Å². The van der Waals surface area contributed by atoms with Crippen LogP contribution in [0.2, 0.25) is 0 Å². The Morgan fingerprint density at radius 1 is 1.32 bits per heavy atom. The fraction of sp³-hybridized carbons (Fsp3) is 0.375. The summed E-state index contributed by atoms with van der Waals surface area (Å²) in [7, 11) is -2.35. The molecule has 1 aromatic rings. The van der Waals surface area contributed by atoms with Crippen molar-refractivity contribution in [2.75, 3.05) is 20.3 Å². The van der Waals surface area contributed by atoms with Gasteiger partial charge in [-0.1, -0.05) is 5.92 Å². The molecule has 1 aromatic carbocycles. The second-order valence-corrected chi connectivity index (χ2v) is 7.34. The predicted molar refractivity (Wildman–Crippen MR) is 90.5 cm³/mol. The van der Waals surface area contributed by atoms with Crippen LogP contribution < -0.4 is 10.0 Å². The Morgan fingerprint density at radius 2 is 1.92 bits per heavy atom. The van der Waals surface area contributed by atoms with Gasteiger partial charge in [-0.25, -0.2) is 8.42 Å². The van der Waals surface area contributed by atoms with Crippen LogP contribution in [-0.4, -0.2) is 51.2 Å². The van der Waals surface area contributed by atoms with Crippen LogP contribution in [0, 0.1) is 12.3 Å². The fourth-order valence-electron chi connectivity index (χ4n) is 2.14. The lowest BCUT2D eigenvalue weighted by molar-refractivity contribution is -0.139. The second kappa shape index (κ2) is 8.62. The van der Waals surface area contributed by atoms with Gasteiger partial charge in [-0.15, -0.1) is 6.42 Å². The molecule has 0 spiro atoms. The van der Waals surface area contributed by atoms with Gasteiger partial charge in [0.25, 0.3) is 5.91 Å². The fourth-order valence-corrected chi connectivity index (χ4v) is 3.07. The summed E-state index contributed by atoms with van der Waals surface area (Å²) in [5.41, 5.74) is -0.917. The number of benzene rings is 1. The van der Waals surface area contributed by atoms with E-state index in [0.717, 1.165) is 0 Å². The molecule has 0 aliphatic rings. The van der Waals surface area contributed by atoms with Gasteiger partial charge in [0.1, 0.15) is 0 Å². The van der Waals surface area contributed by atoms with Crippen LogP contribution in [0.15, 0.2) is 29.2 Å². The van der Waals surface area contributed by atoms with Crippen molar-refractivity contribution in [3.63, 3.8) is 0 Å². The Kier molecular flexibility index (Phi) is 7.11. The summed E-state index contributed by atoms with van der Waals surface area (Å²) in [6, 6.07) is 5.18. The number of ether oxygens (including phenoxy) is 1. The molecule has 136 valence electrons. The summed E-state index contributed by atoms with van der Waals surface area (Å²) in [5.74, 6) is 0.539. The Morgan fingerprint density at radius 3 is 2.40 bits per heavy atom. The third kappa shape index (κ3) is 6.19. The molecule has 0 saturated carbocycles. The van der Waals surface area contributed by atoms with Gasteiger partial charge in [0.05, 0.1) is 30.0 Å². The van der Waals surface area contributed by atoms with Crippen molar-refractivity contribution in [2.45, 2.75) is 23.8 Å². The molecular formula is C16H20N2O6S. The Bertz CT molecular complexity index is 767. The molecule has 1 unspecified atom stereocenters. The Labute approximate surface area is 146 Å². The molecular weight excluding hydrogens is 348 g/mol. The maximum absolute atomic E-state index is 12.3. The minimum absolute atomic E-state index is 0.00745. The third-order valence-corrected chi connectivity index (χ3v) is 4.63. The first-order chi connectivity index (χ1) is 11.6. The van der Waals surface area contributed by atoms with Gasteiger partial charge in [0, 0.05) is 12.7 Å². The highest BCUT2D eigenvalue weighted by molar-refractivity contribution is 7.89. The Hall–Kier alpha value is -2.41. The normalized spacial score (nSPS) is 13.5. The quantitative estimate of drug-likeness (QED) is 0.536. The number of carbonyl (C=O) groups is 2. The van der Waals surface area contributed by atoms with Gasteiger partial charge < -0.3 is 15.2 Å². The summed E-state index contributed by atoms with van der Waals surface area (Å²) in [6.07, 6.45) is 4.69. The number of sulfonamides is 1. The zero-order valence-corrected chi connectivity index (χ0v) is 14.7. The van der Waals surface area contributed by atoms with E-state index < -0.39 is 27.4 Å². The number of terminal acetylenes is 1. The maximum atomic E-state index is 12.3. The van der Waals surface area contributed by atoms with Crippen molar-refractivity contribution < 1.29 is 27.9 Å². The van der Waals surface area contributed by atoms with Gasteiger partial charge in [0.2, 0.25) is 10.0 Å². The van der Waals surface area contributed by atoms with E-state index in [1.165, 1.54) is 31.4 Å². The smallest absolute Gasteiger partial charge is 0.305 e. The van der Waals surface area contributed by atoms with Crippen molar-refractivity contribution in [1.29, 1.82) is 0 Å². The van der Waals surface area contributed by atoms with Crippen LogP contribution in [0.1, 0.15) is 23.7 Å². The zero-order chi connectivity index (χ0) is 19.1. The number of carboxylic acids is 1. The van der Waals surface area contributed by atoms with E-state index >= 15 is 0 Å². The lowest BCUT2D eigenvalue weighted by atomic mass is 9.98. The van der Waals surface area contributed by atoms with Crippen LogP contribution >= 0.6 is 0 Å². The first-order valence-electron chi connectivity index (χ1n) is 7.20. The number of carboxylic acid groups (broad SMARTS) is 1. The molecule has 1 amide bonds. The monoisotopic (exact) mass is 368 g/mol. The summed E-state index contributed by atoms with van der Waals surface area (Å²) in [4.78, 5) is 23.2. The SMILES string of the molecule is C#CCNS(=O)(=O)c1ccc(C(=O)NC(C)(COC)CC(=O)O)cc1. The van der Waals surface area contributed by atoms with Crippen molar-refractivity contribution in [3.05, 3.63) is 29.8 Å². The molecule has 0 heterocycles. The molecule has 1 atom stereocenters. The molecule has 1 rings (SSSR count). The second-order valence-electron chi connectivity index (χ2n) is 5.57. The molecule has 0 aliphatic carbocycles. The summed E-state index contributed by atoms with van der Waals surface area (Å²) in [5, 5.41) is 11.6. The largest absolute Gasteiger partial charge is 0.481 e. The molecule has 0 saturated heterocycles. The average Bonchev–Trinajstić information content (AvgIpc) is 2.52. The summed E-state index contributed by atoms with van der Waals surface area (Å²) in [6.45, 7) is 1.41. The van der Waals surface area contributed by atoms with Gasteiger partial charge in [-0.2, -0.15) is 4.72 Å². The van der Waals surface area contributed by atoms with Crippen LogP contribution in [0.5, 0.6) is 0 Å². The lowest BCUT2D eigenvalue weighted by Crippen LogP contribution is -2.50. The molecule has 0 aromatic heterocycles. The van der Waals surface area contributed by atoms with E-state index in [0.29, 0.717) is 0 Å². The van der Waals surface area contributed by atoms with Crippen molar-refractivity contribution in [2.24, 2.45) is 0 Å². The number of amides is 1. The third-order valence-electron chi connectivity index (χ3n) is 3.21. The van der Waals surface area contributed by atoms with Gasteiger partial charge in [-0.3, -0.25) is 9.59 Å². The topological polar surface area (TPSA) is 122 Å². The molecule has 9 heteroatoms. The maximum Gasteiger partial charge on any atom is 0.305 e. The average molecular weight is 368 g/mol. The van der Waals surface area contributed by atoms with Crippen LogP contribution in [-0.2, 0) is 19.6 Å². The molecule has 3 N–H and O–H groups in total. The minimum Gasteiger partial charge on any atom is -0.481 e. The molecule has 0 fully saturated rings. The first-order valence-corrected chi connectivity index (χ1v) is 8.68. The van der Waals surface area contributed by atoms with Crippen LogP contribution in [0.4, 0.5) is 0 Å². The standard InChI is InChI=1S/C16H20N2O6S/c1-4-9-17-25(22,23)13-7-5-12(6-8-13)15(21)18-16(2,11-24-3)10-14(19)20/h1,5-8,17H,9-11H2,2-3H3,(H,18,21)(H,19,20). The summed E-state index contributed by atoms with van der Waals surface area (Å²) >= 11 is 0. The van der Waals surface area contributed by atoms with Crippen LogP contribution in [0.25, 0.3) is 0 Å². The number of hydrogen-bond acceptors (Lipinski definition) is 5. The highest BCUT2D eigenvalue weighted by atomic mass is 32.2. The minimum atomic E-state index is -3.75. The van der Waals surface area contributed by atoms with E-state index in [2.05, 4.69) is 16.0 Å². The lowest BCUT2D eigenvalue weighted by Gasteiger charge is -2.28. The van der Waals surface area contributed by atoms with E-state index in [1.54, 1.807) is 6.92 Å². The number of rotatable bonds is 9. The molecule has 0 radical (unpaired) electrons. The van der Waals surface area contributed by atoms with Crippen molar-refractivity contribution >= 4 is 21.9 Å². The molecule has 25 heavy (non-hydrogen) atoms. The van der Waals surface area contributed by atoms with Gasteiger partial charge in [0.15, 0.2) is 0 Å². The zero-order valence-electron chi connectivity index (χ0n) is 13.9. The number of carbonyl (C=O) groups excluding carboxylic acids is 1. The van der Waals surface area contributed by atoms with Crippen LogP contribution in [0.3, 0.4) is 0 Å². The Balaban J connectivity index is 2.93. The highest BCUT2D eigenvalue weighted by Crippen LogP contribution is 2.14. The van der Waals surface area contributed by atoms with E-state index in [-0.39, 0.29) is 30.0 Å². The van der Waals surface area contributed by atoms with E-state index in [1.807, 2.05) is 0 Å². The van der Waals surface area contributed by atoms with Crippen molar-refractivity contribution in [3.8, 4) is 12.3 Å². The van der Waals surface area contributed by atoms with Gasteiger partial charge in [-0.05, 0) is 31.2 Å². The molecule has 0 aliphatic heterocycles. The predicted octanol–water partition coefficient (Wildman–Crippen LogP) is 0.208. The number of methoxy groups -OCH3 is 1. The van der Waals surface area contributed by atoms with Crippen molar-refractivity contribution in [1.82, 2.24) is 10.0 Å². The van der Waals surface area contributed by atoms with E-state index in [4.69, 9.17) is 16.3 Å². The molecule has 0 bridgehead atoms. The number of hydrogen-bond donors (Lipinski definition) is 3. The first kappa shape index (κ1) is 20.6. The number of aliphatic carboxylic acids is 1.